The predicted octanol–water partition coefficient (Wildman–Crippen LogP) is 0.892. The summed E-state index contributed by atoms with van der Waals surface area (Å²) in [6.45, 7) is 3.27. The van der Waals surface area contributed by atoms with Gasteiger partial charge in [-0.25, -0.2) is 18.2 Å². The molecule has 1 aromatic rings. The van der Waals surface area contributed by atoms with Crippen molar-refractivity contribution in [1.82, 2.24) is 14.2 Å². The summed E-state index contributed by atoms with van der Waals surface area (Å²) in [7, 11) is 1.22. The molecular weight excluding hydrogens is 314 g/mol. The number of methoxy groups -OCH3 is 1. The highest BCUT2D eigenvalue weighted by Crippen LogP contribution is 2.24. The summed E-state index contributed by atoms with van der Waals surface area (Å²) >= 11 is 0.933. The molecule has 120 valence electrons. The fourth-order valence-electron chi connectivity index (χ4n) is 1.68. The molecule has 21 heavy (non-hydrogen) atoms. The van der Waals surface area contributed by atoms with Crippen molar-refractivity contribution in [1.29, 1.82) is 0 Å². The average Bonchev–Trinajstić information content (AvgIpc) is 2.92. The molecule has 9 heteroatoms. The second-order valence-electron chi connectivity index (χ2n) is 4.69. The van der Waals surface area contributed by atoms with Gasteiger partial charge in [0.2, 0.25) is 0 Å². The molecule has 0 N–H and O–H groups in total. The van der Waals surface area contributed by atoms with Crippen LogP contribution < -0.4 is 0 Å². The van der Waals surface area contributed by atoms with Crippen molar-refractivity contribution in [2.45, 2.75) is 17.6 Å². The zero-order valence-electron chi connectivity index (χ0n) is 12.7. The third kappa shape index (κ3) is 4.47. The third-order valence-electron chi connectivity index (χ3n) is 2.76. The van der Waals surface area contributed by atoms with E-state index in [1.165, 1.54) is 16.9 Å². The number of thiazole rings is 1. The van der Waals surface area contributed by atoms with Crippen LogP contribution in [0.25, 0.3) is 0 Å². The molecule has 1 aromatic heterocycles. The van der Waals surface area contributed by atoms with Gasteiger partial charge in [-0.2, -0.15) is 4.31 Å². The average molecular weight is 335 g/mol. The fourth-order valence-corrected chi connectivity index (χ4v) is 4.47. The summed E-state index contributed by atoms with van der Waals surface area (Å²) in [6.07, 6.45) is 0.693. The summed E-state index contributed by atoms with van der Waals surface area (Å²) in [6, 6.07) is 0. The molecule has 0 bridgehead atoms. The Bertz CT molecular complexity index is 569. The number of nitrogens with zero attached hydrogens (tertiary/aromatic N) is 3. The molecule has 0 radical (unpaired) electrons. The highest BCUT2D eigenvalue weighted by molar-refractivity contribution is 7.91. The van der Waals surface area contributed by atoms with Gasteiger partial charge in [0.1, 0.15) is 0 Å². The molecule has 0 aliphatic rings. The van der Waals surface area contributed by atoms with Crippen LogP contribution in [0, 0.1) is 0 Å². The number of sulfonamides is 1. The fraction of sp³-hybridized carbons (Fsp3) is 0.667. The van der Waals surface area contributed by atoms with Gasteiger partial charge in [0.15, 0.2) is 9.90 Å². The van der Waals surface area contributed by atoms with E-state index in [1.54, 1.807) is 0 Å². The summed E-state index contributed by atoms with van der Waals surface area (Å²) in [5.74, 6) is -0.737. The van der Waals surface area contributed by atoms with Crippen molar-refractivity contribution in [2.75, 3.05) is 40.8 Å². The molecule has 1 heterocycles. The van der Waals surface area contributed by atoms with Gasteiger partial charge in [0.25, 0.3) is 10.0 Å². The second-order valence-corrected chi connectivity index (χ2v) is 7.68. The molecule has 0 aliphatic heterocycles. The van der Waals surface area contributed by atoms with Crippen molar-refractivity contribution >= 4 is 27.3 Å². The minimum absolute atomic E-state index is 0.0541. The van der Waals surface area contributed by atoms with Crippen LogP contribution in [-0.2, 0) is 14.8 Å². The van der Waals surface area contributed by atoms with Gasteiger partial charge < -0.3 is 9.64 Å². The van der Waals surface area contributed by atoms with Crippen molar-refractivity contribution in [2.24, 2.45) is 0 Å². The molecule has 0 fully saturated rings. The van der Waals surface area contributed by atoms with E-state index in [0.29, 0.717) is 26.1 Å². The molecule has 0 unspecified atom stereocenters. The summed E-state index contributed by atoms with van der Waals surface area (Å²) in [5, 5.41) is 0. The van der Waals surface area contributed by atoms with E-state index in [2.05, 4.69) is 9.72 Å². The third-order valence-corrected chi connectivity index (χ3v) is 6.00. The number of ether oxygens (including phenoxy) is 1. The van der Waals surface area contributed by atoms with Crippen molar-refractivity contribution in [3.8, 4) is 0 Å². The summed E-state index contributed by atoms with van der Waals surface area (Å²) in [5.41, 5.74) is 1.20. The zero-order chi connectivity index (χ0) is 16.0. The Kier molecular flexibility index (Phi) is 6.72. The van der Waals surface area contributed by atoms with Gasteiger partial charge in [-0.05, 0) is 20.5 Å². The molecule has 0 saturated carbocycles. The Morgan fingerprint density at radius 1 is 1.33 bits per heavy atom. The summed E-state index contributed by atoms with van der Waals surface area (Å²) in [4.78, 5) is 17.3. The molecule has 0 atom stereocenters. The van der Waals surface area contributed by atoms with Crippen molar-refractivity contribution in [3.63, 3.8) is 0 Å². The first kappa shape index (κ1) is 18.0. The number of hydrogen-bond donors (Lipinski definition) is 0. The van der Waals surface area contributed by atoms with Gasteiger partial charge in [0.05, 0.1) is 12.6 Å². The van der Waals surface area contributed by atoms with Crippen LogP contribution in [0.15, 0.2) is 9.72 Å². The number of esters is 1. The topological polar surface area (TPSA) is 79.8 Å². The number of carbonyl (C=O) groups excluding carboxylic acids is 1. The van der Waals surface area contributed by atoms with Crippen LogP contribution >= 0.6 is 11.3 Å². The van der Waals surface area contributed by atoms with Crippen LogP contribution in [0.1, 0.15) is 23.8 Å². The van der Waals surface area contributed by atoms with E-state index >= 15 is 0 Å². The van der Waals surface area contributed by atoms with E-state index in [1.807, 2.05) is 25.9 Å². The Morgan fingerprint density at radius 3 is 2.52 bits per heavy atom. The number of likely N-dealkylation sites (N-methyl/N-ethyl adjacent to an activating group) is 1. The minimum atomic E-state index is -3.74. The molecule has 0 amide bonds. The molecule has 7 nitrogen and oxygen atoms in total. The van der Waals surface area contributed by atoms with Crippen LogP contribution in [0.2, 0.25) is 0 Å². The van der Waals surface area contributed by atoms with E-state index in [4.69, 9.17) is 0 Å². The van der Waals surface area contributed by atoms with Gasteiger partial charge >= 0.3 is 5.97 Å². The van der Waals surface area contributed by atoms with Gasteiger partial charge in [0, 0.05) is 19.6 Å². The first-order valence-electron chi connectivity index (χ1n) is 6.51. The van der Waals surface area contributed by atoms with Crippen LogP contribution in [0.5, 0.6) is 0 Å². The monoisotopic (exact) mass is 335 g/mol. The first-order chi connectivity index (χ1) is 9.84. The molecule has 1 rings (SSSR count). The van der Waals surface area contributed by atoms with Crippen LogP contribution in [0.3, 0.4) is 0 Å². The van der Waals surface area contributed by atoms with E-state index in [-0.39, 0.29) is 9.90 Å². The SMILES string of the molecule is CCCN(CCN(C)C)S(=O)(=O)c1scnc1C(=O)OC. The van der Waals surface area contributed by atoms with Crippen molar-refractivity contribution < 1.29 is 17.9 Å². The van der Waals surface area contributed by atoms with Crippen LogP contribution in [-0.4, -0.2) is 69.4 Å². The van der Waals surface area contributed by atoms with E-state index < -0.39 is 16.0 Å². The molecule has 0 saturated heterocycles. The largest absolute Gasteiger partial charge is 0.464 e. The smallest absolute Gasteiger partial charge is 0.358 e. The number of rotatable bonds is 8. The highest BCUT2D eigenvalue weighted by Gasteiger charge is 2.31. The predicted molar refractivity (Wildman–Crippen MR) is 81.1 cm³/mol. The Hall–Kier alpha value is -1.03. The maximum absolute atomic E-state index is 12.7. The minimum Gasteiger partial charge on any atom is -0.464 e. The molecular formula is C12H21N3O4S2. The summed E-state index contributed by atoms with van der Waals surface area (Å²) < 4.78 is 31.3. The standard InChI is InChI=1S/C12H21N3O4S2/c1-5-6-15(8-7-14(2)3)21(17,18)12-10(11(16)19-4)13-9-20-12/h9H,5-8H2,1-4H3. The lowest BCUT2D eigenvalue weighted by Crippen LogP contribution is -2.37. The Labute approximate surface area is 129 Å². The number of aromatic nitrogens is 1. The molecule has 0 aromatic carbocycles. The maximum Gasteiger partial charge on any atom is 0.358 e. The lowest BCUT2D eigenvalue weighted by molar-refractivity contribution is 0.0590. The van der Waals surface area contributed by atoms with Crippen LogP contribution in [0.4, 0.5) is 0 Å². The Balaban J connectivity index is 3.11. The van der Waals surface area contributed by atoms with E-state index in [9.17, 15) is 13.2 Å². The molecule has 0 spiro atoms. The number of hydrogen-bond acceptors (Lipinski definition) is 7. The maximum atomic E-state index is 12.7. The number of carbonyl (C=O) groups is 1. The molecule has 0 aliphatic carbocycles. The zero-order valence-corrected chi connectivity index (χ0v) is 14.3. The lowest BCUT2D eigenvalue weighted by atomic mass is 10.4. The van der Waals surface area contributed by atoms with Gasteiger partial charge in [-0.1, -0.05) is 6.92 Å². The highest BCUT2D eigenvalue weighted by atomic mass is 32.2. The first-order valence-corrected chi connectivity index (χ1v) is 8.83. The Morgan fingerprint density at radius 2 is 2.00 bits per heavy atom. The van der Waals surface area contributed by atoms with Gasteiger partial charge in [-0.3, -0.25) is 0 Å². The lowest BCUT2D eigenvalue weighted by Gasteiger charge is -2.22. The van der Waals surface area contributed by atoms with Gasteiger partial charge in [-0.15, -0.1) is 11.3 Å². The normalized spacial score (nSPS) is 12.1. The van der Waals surface area contributed by atoms with E-state index in [0.717, 1.165) is 11.3 Å². The quantitative estimate of drug-likeness (QED) is 0.657. The second kappa shape index (κ2) is 7.83. The van der Waals surface area contributed by atoms with Crippen molar-refractivity contribution in [3.05, 3.63) is 11.2 Å².